The highest BCUT2D eigenvalue weighted by molar-refractivity contribution is 5.76. The van der Waals surface area contributed by atoms with Crippen molar-refractivity contribution < 1.29 is 18.3 Å². The average molecular weight is 293 g/mol. The number of pyridine rings is 1. The lowest BCUT2D eigenvalue weighted by atomic mass is 10.1. The summed E-state index contributed by atoms with van der Waals surface area (Å²) in [6.45, 7) is 0. The van der Waals surface area contributed by atoms with Crippen molar-refractivity contribution in [3.8, 4) is 17.0 Å². The van der Waals surface area contributed by atoms with Gasteiger partial charge in [0.1, 0.15) is 5.75 Å². The van der Waals surface area contributed by atoms with Crippen LogP contribution >= 0.6 is 0 Å². The fourth-order valence-corrected chi connectivity index (χ4v) is 2.21. The van der Waals surface area contributed by atoms with E-state index in [4.69, 9.17) is 5.73 Å². The number of aromatic hydroxyl groups is 1. The van der Waals surface area contributed by atoms with Crippen molar-refractivity contribution in [2.24, 2.45) is 0 Å². The predicted molar refractivity (Wildman–Crippen MR) is 71.7 cm³/mol. The third-order valence-corrected chi connectivity index (χ3v) is 3.12. The third kappa shape index (κ3) is 2.16. The highest BCUT2D eigenvalue weighted by Gasteiger charge is 2.34. The molecule has 4 nitrogen and oxygen atoms in total. The lowest BCUT2D eigenvalue weighted by Gasteiger charge is -2.08. The van der Waals surface area contributed by atoms with Gasteiger partial charge in [0, 0.05) is 11.8 Å². The molecule has 0 saturated heterocycles. The molecule has 0 spiro atoms. The van der Waals surface area contributed by atoms with E-state index in [-0.39, 0.29) is 17.2 Å². The maximum Gasteiger partial charge on any atom is 0.419 e. The number of nitrogen functional groups attached to an aromatic ring is 1. The second-order valence-corrected chi connectivity index (χ2v) is 4.51. The summed E-state index contributed by atoms with van der Waals surface area (Å²) in [5.74, 6) is 0.0551. The zero-order chi connectivity index (χ0) is 15.2. The molecule has 0 saturated carbocycles. The third-order valence-electron chi connectivity index (χ3n) is 3.12. The second-order valence-electron chi connectivity index (χ2n) is 4.51. The number of benzene rings is 1. The Morgan fingerprint density at radius 2 is 1.76 bits per heavy atom. The van der Waals surface area contributed by atoms with Gasteiger partial charge in [-0.15, -0.1) is 0 Å². The Hall–Kier alpha value is -2.70. The zero-order valence-corrected chi connectivity index (χ0v) is 10.6. The van der Waals surface area contributed by atoms with Crippen molar-refractivity contribution in [2.45, 2.75) is 6.18 Å². The van der Waals surface area contributed by atoms with Crippen molar-refractivity contribution >= 4 is 11.5 Å². The van der Waals surface area contributed by atoms with Crippen LogP contribution in [0, 0.1) is 0 Å². The van der Waals surface area contributed by atoms with Crippen LogP contribution in [-0.4, -0.2) is 14.5 Å². The molecule has 0 bridgehead atoms. The van der Waals surface area contributed by atoms with Crippen molar-refractivity contribution in [3.05, 3.63) is 48.2 Å². The smallest absolute Gasteiger partial charge is 0.419 e. The van der Waals surface area contributed by atoms with E-state index < -0.39 is 11.7 Å². The highest BCUT2D eigenvalue weighted by Crippen LogP contribution is 2.35. The number of alkyl halides is 3. The molecule has 3 aromatic rings. The molecule has 108 valence electrons. The molecule has 0 aliphatic carbocycles. The number of nitrogens with zero attached hydrogens (tertiary/aromatic N) is 2. The number of imidazole rings is 1. The van der Waals surface area contributed by atoms with Gasteiger partial charge < -0.3 is 10.8 Å². The molecule has 0 aliphatic heterocycles. The summed E-state index contributed by atoms with van der Waals surface area (Å²) in [5, 5.41) is 9.29. The molecule has 1 aromatic carbocycles. The number of phenolic OH excluding ortho intramolecular Hbond substituents is 1. The molecule has 21 heavy (non-hydrogen) atoms. The van der Waals surface area contributed by atoms with E-state index in [1.54, 1.807) is 12.1 Å². The van der Waals surface area contributed by atoms with Gasteiger partial charge in [-0.3, -0.25) is 4.40 Å². The second kappa shape index (κ2) is 4.41. The van der Waals surface area contributed by atoms with E-state index >= 15 is 0 Å². The monoisotopic (exact) mass is 293 g/mol. The topological polar surface area (TPSA) is 63.5 Å². The zero-order valence-electron chi connectivity index (χ0n) is 10.6. The van der Waals surface area contributed by atoms with Crippen molar-refractivity contribution in [2.75, 3.05) is 5.73 Å². The number of fused-ring (bicyclic) bond motifs is 1. The first-order valence-corrected chi connectivity index (χ1v) is 6.01. The van der Waals surface area contributed by atoms with E-state index in [0.29, 0.717) is 11.3 Å². The maximum atomic E-state index is 13.0. The molecule has 0 fully saturated rings. The van der Waals surface area contributed by atoms with Crippen LogP contribution in [0.1, 0.15) is 5.56 Å². The minimum Gasteiger partial charge on any atom is -0.508 e. The first-order chi connectivity index (χ1) is 9.88. The summed E-state index contributed by atoms with van der Waals surface area (Å²) in [6, 6.07) is 8.25. The van der Waals surface area contributed by atoms with Crippen molar-refractivity contribution in [1.29, 1.82) is 0 Å². The van der Waals surface area contributed by atoms with E-state index in [0.717, 1.165) is 6.07 Å². The quantitative estimate of drug-likeness (QED) is 0.723. The number of hydrogen-bond donors (Lipinski definition) is 2. The number of anilines is 1. The summed E-state index contributed by atoms with van der Waals surface area (Å²) in [7, 11) is 0. The SMILES string of the molecule is Nc1nc2c(C(F)(F)F)cccn2c1-c1ccc(O)cc1. The Morgan fingerprint density at radius 3 is 2.38 bits per heavy atom. The Kier molecular flexibility index (Phi) is 2.79. The fraction of sp³-hybridized carbons (Fsp3) is 0.0714. The van der Waals surface area contributed by atoms with Gasteiger partial charge in [0.25, 0.3) is 0 Å². The number of rotatable bonds is 1. The largest absolute Gasteiger partial charge is 0.508 e. The lowest BCUT2D eigenvalue weighted by Crippen LogP contribution is -2.07. The molecule has 0 atom stereocenters. The minimum atomic E-state index is -4.51. The molecular weight excluding hydrogens is 283 g/mol. The standard InChI is InChI=1S/C14H10F3N3O/c15-14(16,17)10-2-1-7-20-11(12(18)19-13(10)20)8-3-5-9(21)6-4-8/h1-7,21H,18H2. The van der Waals surface area contributed by atoms with Gasteiger partial charge in [0.2, 0.25) is 0 Å². The molecule has 0 aliphatic rings. The van der Waals surface area contributed by atoms with Crippen molar-refractivity contribution in [3.63, 3.8) is 0 Å². The van der Waals surface area contributed by atoms with E-state index in [1.807, 2.05) is 0 Å². The van der Waals surface area contributed by atoms with Gasteiger partial charge in [-0.2, -0.15) is 13.2 Å². The number of aromatic nitrogens is 2. The number of phenols is 1. The fourth-order valence-electron chi connectivity index (χ4n) is 2.21. The van der Waals surface area contributed by atoms with Gasteiger partial charge in [-0.1, -0.05) is 0 Å². The predicted octanol–water partition coefficient (Wildman–Crippen LogP) is 3.31. The Morgan fingerprint density at radius 1 is 1.10 bits per heavy atom. The summed E-state index contributed by atoms with van der Waals surface area (Å²) < 4.78 is 40.3. The Bertz CT molecular complexity index is 807. The number of nitrogens with two attached hydrogens (primary N) is 1. The average Bonchev–Trinajstić information content (AvgIpc) is 2.74. The molecule has 0 radical (unpaired) electrons. The van der Waals surface area contributed by atoms with Gasteiger partial charge in [0.15, 0.2) is 11.5 Å². The first kappa shape index (κ1) is 13.3. The Labute approximate surface area is 117 Å². The number of hydrogen-bond acceptors (Lipinski definition) is 3. The van der Waals surface area contributed by atoms with Gasteiger partial charge in [-0.25, -0.2) is 4.98 Å². The first-order valence-electron chi connectivity index (χ1n) is 6.01. The van der Waals surface area contributed by atoms with E-state index in [1.165, 1.54) is 28.8 Å². The highest BCUT2D eigenvalue weighted by atomic mass is 19.4. The van der Waals surface area contributed by atoms with Crippen LogP contribution in [0.4, 0.5) is 19.0 Å². The van der Waals surface area contributed by atoms with Crippen LogP contribution in [0.3, 0.4) is 0 Å². The molecule has 2 aromatic heterocycles. The van der Waals surface area contributed by atoms with E-state index in [2.05, 4.69) is 4.98 Å². The van der Waals surface area contributed by atoms with Gasteiger partial charge >= 0.3 is 6.18 Å². The van der Waals surface area contributed by atoms with Crippen LogP contribution < -0.4 is 5.73 Å². The molecule has 3 N–H and O–H groups in total. The lowest BCUT2D eigenvalue weighted by molar-refractivity contribution is -0.136. The summed E-state index contributed by atoms with van der Waals surface area (Å²) in [6.07, 6.45) is -3.04. The van der Waals surface area contributed by atoms with E-state index in [9.17, 15) is 18.3 Å². The summed E-state index contributed by atoms with van der Waals surface area (Å²) in [5.41, 5.74) is 5.61. The van der Waals surface area contributed by atoms with Crippen LogP contribution in [-0.2, 0) is 6.18 Å². The molecule has 3 rings (SSSR count). The number of halogens is 3. The molecule has 7 heteroatoms. The summed E-state index contributed by atoms with van der Waals surface area (Å²) in [4.78, 5) is 3.84. The molecule has 2 heterocycles. The minimum absolute atomic E-state index is 0.00242. The molecule has 0 unspecified atom stereocenters. The molecule has 0 amide bonds. The Balaban J connectivity index is 2.30. The van der Waals surface area contributed by atoms with Gasteiger partial charge in [0.05, 0.1) is 11.3 Å². The van der Waals surface area contributed by atoms with Crippen LogP contribution in [0.5, 0.6) is 5.75 Å². The van der Waals surface area contributed by atoms with Crippen LogP contribution in [0.2, 0.25) is 0 Å². The summed E-state index contributed by atoms with van der Waals surface area (Å²) >= 11 is 0. The normalized spacial score (nSPS) is 12.0. The van der Waals surface area contributed by atoms with Crippen LogP contribution in [0.25, 0.3) is 16.9 Å². The van der Waals surface area contributed by atoms with Crippen LogP contribution in [0.15, 0.2) is 42.6 Å². The van der Waals surface area contributed by atoms with Gasteiger partial charge in [-0.05, 0) is 36.4 Å². The van der Waals surface area contributed by atoms with Crippen molar-refractivity contribution in [1.82, 2.24) is 9.38 Å². The maximum absolute atomic E-state index is 13.0. The molecular formula is C14H10F3N3O.